The Labute approximate surface area is 145 Å². The van der Waals surface area contributed by atoms with Crippen LogP contribution in [0.5, 0.6) is 0 Å². The lowest BCUT2D eigenvalue weighted by Gasteiger charge is -2.40. The van der Waals surface area contributed by atoms with Crippen LogP contribution in [0.15, 0.2) is 24.3 Å². The maximum Gasteiger partial charge on any atom is 0.0719 e. The van der Waals surface area contributed by atoms with Crippen molar-refractivity contribution in [2.45, 2.75) is 69.4 Å². The molecule has 0 aromatic heterocycles. The van der Waals surface area contributed by atoms with E-state index in [1.165, 1.54) is 6.42 Å². The second-order valence-corrected chi connectivity index (χ2v) is 7.41. The number of benzene rings is 1. The van der Waals surface area contributed by atoms with Crippen molar-refractivity contribution in [3.63, 3.8) is 0 Å². The van der Waals surface area contributed by atoms with Crippen LogP contribution in [-0.4, -0.2) is 29.5 Å². The maximum atomic E-state index is 11.3. The Morgan fingerprint density at radius 3 is 2.61 bits per heavy atom. The van der Waals surface area contributed by atoms with E-state index in [2.05, 4.69) is 12.2 Å². The van der Waals surface area contributed by atoms with Crippen LogP contribution >= 0.6 is 11.6 Å². The standard InChI is InChI=1S/C19H29ClN2O/c1-14(22-2)11-17(21)13-18(15-7-6-8-16(20)12-15)19(23)9-4-3-5-10-19/h6-8,12,14,18,21-23H,3-5,9-11,13H2,1-2H3/t14-,18?/m0/s1. The van der Waals surface area contributed by atoms with E-state index in [0.29, 0.717) is 23.6 Å². The van der Waals surface area contributed by atoms with Crippen molar-refractivity contribution in [3.05, 3.63) is 34.9 Å². The summed E-state index contributed by atoms with van der Waals surface area (Å²) in [6, 6.07) is 8.08. The Bertz CT molecular complexity index is 526. The Balaban J connectivity index is 2.22. The van der Waals surface area contributed by atoms with Crippen molar-refractivity contribution in [1.29, 1.82) is 5.41 Å². The van der Waals surface area contributed by atoms with Gasteiger partial charge in [-0.25, -0.2) is 0 Å². The van der Waals surface area contributed by atoms with Gasteiger partial charge in [-0.1, -0.05) is 43.0 Å². The molecule has 2 rings (SSSR count). The fourth-order valence-electron chi connectivity index (χ4n) is 3.66. The third kappa shape index (κ3) is 5.03. The van der Waals surface area contributed by atoms with Crippen LogP contribution < -0.4 is 5.32 Å². The van der Waals surface area contributed by atoms with Gasteiger partial charge >= 0.3 is 0 Å². The zero-order valence-corrected chi connectivity index (χ0v) is 15.0. The van der Waals surface area contributed by atoms with Gasteiger partial charge in [0.15, 0.2) is 0 Å². The van der Waals surface area contributed by atoms with Crippen molar-refractivity contribution in [2.75, 3.05) is 7.05 Å². The summed E-state index contributed by atoms with van der Waals surface area (Å²) < 4.78 is 0. The van der Waals surface area contributed by atoms with E-state index in [1.807, 2.05) is 31.3 Å². The van der Waals surface area contributed by atoms with Gasteiger partial charge in [0.2, 0.25) is 0 Å². The summed E-state index contributed by atoms with van der Waals surface area (Å²) in [6.07, 6.45) is 6.27. The summed E-state index contributed by atoms with van der Waals surface area (Å²) in [6.45, 7) is 2.08. The number of hydrogen-bond acceptors (Lipinski definition) is 3. The minimum absolute atomic E-state index is 0.0435. The molecular formula is C19H29ClN2O. The van der Waals surface area contributed by atoms with E-state index in [1.54, 1.807) is 0 Å². The Kier molecular flexibility index (Phi) is 6.63. The minimum atomic E-state index is -0.710. The number of hydrogen-bond donors (Lipinski definition) is 3. The SMILES string of the molecule is CN[C@@H](C)CC(=N)CC(c1cccc(Cl)c1)C1(O)CCCCC1. The molecule has 0 aliphatic heterocycles. The smallest absolute Gasteiger partial charge is 0.0719 e. The molecule has 3 N–H and O–H groups in total. The molecule has 1 fully saturated rings. The van der Waals surface area contributed by atoms with Crippen LogP contribution in [0, 0.1) is 5.41 Å². The zero-order valence-electron chi connectivity index (χ0n) is 14.2. The average molecular weight is 337 g/mol. The third-order valence-electron chi connectivity index (χ3n) is 5.11. The van der Waals surface area contributed by atoms with Crippen molar-refractivity contribution in [1.82, 2.24) is 5.32 Å². The summed E-state index contributed by atoms with van der Waals surface area (Å²) >= 11 is 6.17. The monoisotopic (exact) mass is 336 g/mol. The second-order valence-electron chi connectivity index (χ2n) is 6.97. The molecule has 1 aliphatic carbocycles. The van der Waals surface area contributed by atoms with E-state index in [4.69, 9.17) is 17.0 Å². The van der Waals surface area contributed by atoms with E-state index < -0.39 is 5.60 Å². The molecule has 1 aliphatic rings. The Morgan fingerprint density at radius 1 is 1.30 bits per heavy atom. The molecule has 0 spiro atoms. The molecule has 2 atom stereocenters. The first-order valence-electron chi connectivity index (χ1n) is 8.66. The predicted octanol–water partition coefficient (Wildman–Crippen LogP) is 4.53. The summed E-state index contributed by atoms with van der Waals surface area (Å²) in [5, 5.41) is 23.5. The maximum absolute atomic E-state index is 11.3. The lowest BCUT2D eigenvalue weighted by Crippen LogP contribution is -2.40. The highest BCUT2D eigenvalue weighted by molar-refractivity contribution is 6.30. The van der Waals surface area contributed by atoms with Gasteiger partial charge in [-0.05, 0) is 50.9 Å². The summed E-state index contributed by atoms with van der Waals surface area (Å²) in [5.41, 5.74) is 1.04. The van der Waals surface area contributed by atoms with Crippen LogP contribution in [0.25, 0.3) is 0 Å². The normalized spacial score (nSPS) is 20.0. The second kappa shape index (κ2) is 8.27. The molecule has 1 unspecified atom stereocenters. The fraction of sp³-hybridized carbons (Fsp3) is 0.632. The van der Waals surface area contributed by atoms with E-state index in [0.717, 1.165) is 31.2 Å². The van der Waals surface area contributed by atoms with Crippen LogP contribution in [-0.2, 0) is 0 Å². The van der Waals surface area contributed by atoms with Gasteiger partial charge < -0.3 is 15.8 Å². The zero-order chi connectivity index (χ0) is 16.9. The highest BCUT2D eigenvalue weighted by Crippen LogP contribution is 2.42. The lowest BCUT2D eigenvalue weighted by atomic mass is 9.70. The van der Waals surface area contributed by atoms with Gasteiger partial charge in [-0.2, -0.15) is 0 Å². The summed E-state index contributed by atoms with van der Waals surface area (Å²) in [7, 11) is 1.92. The predicted molar refractivity (Wildman–Crippen MR) is 97.7 cm³/mol. The van der Waals surface area contributed by atoms with Crippen molar-refractivity contribution in [2.24, 2.45) is 0 Å². The molecule has 4 heteroatoms. The quantitative estimate of drug-likeness (QED) is 0.641. The van der Waals surface area contributed by atoms with Gasteiger partial charge in [0, 0.05) is 29.1 Å². The number of aliphatic hydroxyl groups is 1. The van der Waals surface area contributed by atoms with E-state index >= 15 is 0 Å². The van der Waals surface area contributed by atoms with Gasteiger partial charge in [0.25, 0.3) is 0 Å². The molecular weight excluding hydrogens is 308 g/mol. The molecule has 0 bridgehead atoms. The molecule has 1 aromatic rings. The van der Waals surface area contributed by atoms with Gasteiger partial charge in [0.05, 0.1) is 5.60 Å². The molecule has 128 valence electrons. The molecule has 0 amide bonds. The number of nitrogens with one attached hydrogen (secondary N) is 2. The first-order valence-corrected chi connectivity index (χ1v) is 9.04. The summed E-state index contributed by atoms with van der Waals surface area (Å²) in [5.74, 6) is -0.0435. The fourth-order valence-corrected chi connectivity index (χ4v) is 3.85. The molecule has 0 heterocycles. The van der Waals surface area contributed by atoms with Crippen LogP contribution in [0.4, 0.5) is 0 Å². The summed E-state index contributed by atoms with van der Waals surface area (Å²) in [4.78, 5) is 0. The van der Waals surface area contributed by atoms with E-state index in [-0.39, 0.29) is 12.0 Å². The van der Waals surface area contributed by atoms with E-state index in [9.17, 15) is 5.11 Å². The Hall–Kier alpha value is -0.900. The van der Waals surface area contributed by atoms with Crippen molar-refractivity contribution >= 4 is 17.3 Å². The Morgan fingerprint density at radius 2 is 2.00 bits per heavy atom. The van der Waals surface area contributed by atoms with Gasteiger partial charge in [-0.15, -0.1) is 0 Å². The average Bonchev–Trinajstić information content (AvgIpc) is 2.53. The highest BCUT2D eigenvalue weighted by atomic mass is 35.5. The highest BCUT2D eigenvalue weighted by Gasteiger charge is 2.39. The topological polar surface area (TPSA) is 56.1 Å². The first-order chi connectivity index (χ1) is 10.9. The molecule has 0 saturated heterocycles. The molecule has 1 saturated carbocycles. The first kappa shape index (κ1) is 18.4. The van der Waals surface area contributed by atoms with Gasteiger partial charge in [0.1, 0.15) is 0 Å². The number of rotatable bonds is 7. The molecule has 1 aromatic carbocycles. The third-order valence-corrected chi connectivity index (χ3v) is 5.35. The van der Waals surface area contributed by atoms with Crippen molar-refractivity contribution in [3.8, 4) is 0 Å². The van der Waals surface area contributed by atoms with Crippen LogP contribution in [0.2, 0.25) is 5.02 Å². The molecule has 0 radical (unpaired) electrons. The van der Waals surface area contributed by atoms with Crippen molar-refractivity contribution < 1.29 is 5.11 Å². The molecule has 3 nitrogen and oxygen atoms in total. The van der Waals surface area contributed by atoms with Crippen LogP contribution in [0.3, 0.4) is 0 Å². The number of halogens is 1. The largest absolute Gasteiger partial charge is 0.389 e. The van der Waals surface area contributed by atoms with Crippen LogP contribution in [0.1, 0.15) is 63.4 Å². The molecule has 23 heavy (non-hydrogen) atoms. The lowest BCUT2D eigenvalue weighted by molar-refractivity contribution is -0.0202. The van der Waals surface area contributed by atoms with Gasteiger partial charge in [-0.3, -0.25) is 0 Å². The minimum Gasteiger partial charge on any atom is -0.389 e.